The van der Waals surface area contributed by atoms with Crippen LogP contribution in [-0.4, -0.2) is 29.7 Å². The molecule has 0 atom stereocenters. The maximum atomic E-state index is 12.8. The standard InChI is InChI=1S/C16H30BrNO/c1-14(2)13-16(9-5-6-10-16)15(19)18(3)12-8-4-7-11-17/h14H,4-13H2,1-3H3. The number of rotatable bonds is 8. The Kier molecular flexibility index (Phi) is 7.41. The van der Waals surface area contributed by atoms with E-state index in [9.17, 15) is 4.79 Å². The maximum Gasteiger partial charge on any atom is 0.228 e. The molecule has 0 aromatic carbocycles. The van der Waals surface area contributed by atoms with E-state index in [1.54, 1.807) is 0 Å². The molecule has 1 rings (SSSR count). The van der Waals surface area contributed by atoms with Gasteiger partial charge in [0.15, 0.2) is 0 Å². The van der Waals surface area contributed by atoms with Crippen LogP contribution in [0.1, 0.15) is 65.2 Å². The second-order valence-corrected chi connectivity index (χ2v) is 7.35. The molecular weight excluding hydrogens is 302 g/mol. The molecule has 1 fully saturated rings. The smallest absolute Gasteiger partial charge is 0.228 e. The summed E-state index contributed by atoms with van der Waals surface area (Å²) in [5.41, 5.74) is -0.0294. The van der Waals surface area contributed by atoms with Gasteiger partial charge >= 0.3 is 0 Å². The van der Waals surface area contributed by atoms with E-state index < -0.39 is 0 Å². The lowest BCUT2D eigenvalue weighted by molar-refractivity contribution is -0.141. The Morgan fingerprint density at radius 3 is 2.37 bits per heavy atom. The minimum atomic E-state index is -0.0294. The molecule has 112 valence electrons. The van der Waals surface area contributed by atoms with Gasteiger partial charge in [0, 0.05) is 24.3 Å². The zero-order valence-corrected chi connectivity index (χ0v) is 14.5. The molecule has 0 aliphatic heterocycles. The lowest BCUT2D eigenvalue weighted by Gasteiger charge is -2.34. The number of hydrogen-bond acceptors (Lipinski definition) is 1. The highest BCUT2D eigenvalue weighted by atomic mass is 79.9. The van der Waals surface area contributed by atoms with Crippen molar-refractivity contribution in [3.8, 4) is 0 Å². The lowest BCUT2D eigenvalue weighted by atomic mass is 9.77. The second-order valence-electron chi connectivity index (χ2n) is 6.56. The highest BCUT2D eigenvalue weighted by Gasteiger charge is 2.42. The minimum absolute atomic E-state index is 0.0294. The molecule has 0 radical (unpaired) electrons. The molecule has 0 unspecified atom stereocenters. The summed E-state index contributed by atoms with van der Waals surface area (Å²) in [5.74, 6) is 1.03. The van der Waals surface area contributed by atoms with E-state index in [-0.39, 0.29) is 5.41 Å². The van der Waals surface area contributed by atoms with Gasteiger partial charge in [-0.25, -0.2) is 0 Å². The Labute approximate surface area is 127 Å². The fourth-order valence-corrected chi connectivity index (χ4v) is 3.86. The summed E-state index contributed by atoms with van der Waals surface area (Å²) in [7, 11) is 2.00. The summed E-state index contributed by atoms with van der Waals surface area (Å²) >= 11 is 3.45. The van der Waals surface area contributed by atoms with Crippen LogP contribution in [0, 0.1) is 11.3 Å². The van der Waals surface area contributed by atoms with Gasteiger partial charge in [-0.2, -0.15) is 0 Å². The van der Waals surface area contributed by atoms with Crippen LogP contribution in [0.3, 0.4) is 0 Å². The largest absolute Gasteiger partial charge is 0.345 e. The Hall–Kier alpha value is -0.0500. The number of carbonyl (C=O) groups excluding carboxylic acids is 1. The van der Waals surface area contributed by atoms with Crippen LogP contribution in [0.15, 0.2) is 0 Å². The average molecular weight is 332 g/mol. The maximum absolute atomic E-state index is 12.8. The third-order valence-electron chi connectivity index (χ3n) is 4.29. The highest BCUT2D eigenvalue weighted by Crippen LogP contribution is 2.44. The zero-order valence-electron chi connectivity index (χ0n) is 12.9. The molecule has 0 aromatic rings. The van der Waals surface area contributed by atoms with Crippen LogP contribution < -0.4 is 0 Å². The van der Waals surface area contributed by atoms with E-state index >= 15 is 0 Å². The fraction of sp³-hybridized carbons (Fsp3) is 0.938. The Morgan fingerprint density at radius 2 is 1.84 bits per heavy atom. The van der Waals surface area contributed by atoms with Crippen molar-refractivity contribution < 1.29 is 4.79 Å². The second kappa shape index (κ2) is 8.28. The molecule has 0 aromatic heterocycles. The third-order valence-corrected chi connectivity index (χ3v) is 4.85. The Balaban J connectivity index is 2.51. The van der Waals surface area contributed by atoms with Crippen LogP contribution in [0.25, 0.3) is 0 Å². The predicted molar refractivity (Wildman–Crippen MR) is 85.6 cm³/mol. The molecule has 2 nitrogen and oxygen atoms in total. The fourth-order valence-electron chi connectivity index (χ4n) is 3.47. The first-order valence-electron chi connectivity index (χ1n) is 7.83. The zero-order chi connectivity index (χ0) is 14.3. The van der Waals surface area contributed by atoms with Crippen molar-refractivity contribution in [2.75, 3.05) is 18.9 Å². The van der Waals surface area contributed by atoms with Gasteiger partial charge < -0.3 is 4.90 Å². The molecule has 1 aliphatic rings. The van der Waals surface area contributed by atoms with Crippen molar-refractivity contribution in [2.24, 2.45) is 11.3 Å². The van der Waals surface area contributed by atoms with E-state index in [4.69, 9.17) is 0 Å². The molecule has 1 aliphatic carbocycles. The molecule has 0 saturated heterocycles. The van der Waals surface area contributed by atoms with Crippen molar-refractivity contribution in [1.29, 1.82) is 0 Å². The highest BCUT2D eigenvalue weighted by molar-refractivity contribution is 9.09. The van der Waals surface area contributed by atoms with Crippen molar-refractivity contribution >= 4 is 21.8 Å². The number of hydrogen-bond donors (Lipinski definition) is 0. The van der Waals surface area contributed by atoms with Gasteiger partial charge in [0.1, 0.15) is 0 Å². The van der Waals surface area contributed by atoms with Crippen molar-refractivity contribution in [2.45, 2.75) is 65.2 Å². The summed E-state index contributed by atoms with van der Waals surface area (Å²) in [6.45, 7) is 5.40. The first kappa shape index (κ1) is 17.0. The first-order valence-corrected chi connectivity index (χ1v) is 8.95. The number of nitrogens with zero attached hydrogens (tertiary/aromatic N) is 1. The van der Waals surface area contributed by atoms with Gasteiger partial charge in [-0.3, -0.25) is 4.79 Å². The van der Waals surface area contributed by atoms with Crippen LogP contribution in [0.4, 0.5) is 0 Å². The van der Waals surface area contributed by atoms with Crippen LogP contribution in [0.5, 0.6) is 0 Å². The number of carbonyl (C=O) groups is 1. The van der Waals surface area contributed by atoms with Gasteiger partial charge in [-0.1, -0.05) is 49.0 Å². The summed E-state index contributed by atoms with van der Waals surface area (Å²) < 4.78 is 0. The lowest BCUT2D eigenvalue weighted by Crippen LogP contribution is -2.41. The van der Waals surface area contributed by atoms with Crippen LogP contribution in [-0.2, 0) is 4.79 Å². The molecule has 0 spiro atoms. The first-order chi connectivity index (χ1) is 9.02. The van der Waals surface area contributed by atoms with E-state index in [1.165, 1.54) is 25.7 Å². The molecule has 0 bridgehead atoms. The predicted octanol–water partition coefficient (Wildman–Crippen LogP) is 4.62. The van der Waals surface area contributed by atoms with Crippen molar-refractivity contribution in [3.05, 3.63) is 0 Å². The van der Waals surface area contributed by atoms with E-state index in [0.717, 1.165) is 37.6 Å². The summed E-state index contributed by atoms with van der Waals surface area (Å²) in [6, 6.07) is 0. The van der Waals surface area contributed by atoms with E-state index in [2.05, 4.69) is 29.8 Å². The molecule has 1 saturated carbocycles. The molecular formula is C16H30BrNO. The minimum Gasteiger partial charge on any atom is -0.345 e. The molecule has 3 heteroatoms. The normalized spacial score (nSPS) is 17.9. The number of alkyl halides is 1. The Bertz CT molecular complexity index is 272. The number of amides is 1. The molecule has 0 N–H and O–H groups in total. The number of halogens is 1. The van der Waals surface area contributed by atoms with Crippen LogP contribution >= 0.6 is 15.9 Å². The van der Waals surface area contributed by atoms with Crippen molar-refractivity contribution in [3.63, 3.8) is 0 Å². The summed E-state index contributed by atoms with van der Waals surface area (Å²) in [5, 5.41) is 1.07. The number of unbranched alkanes of at least 4 members (excludes halogenated alkanes) is 2. The monoisotopic (exact) mass is 331 g/mol. The molecule has 0 heterocycles. The average Bonchev–Trinajstić information content (AvgIpc) is 2.82. The Morgan fingerprint density at radius 1 is 1.21 bits per heavy atom. The quantitative estimate of drug-likeness (QED) is 0.469. The summed E-state index contributed by atoms with van der Waals surface area (Å²) in [4.78, 5) is 14.8. The third kappa shape index (κ3) is 5.09. The SMILES string of the molecule is CC(C)CC1(C(=O)N(C)CCCCCBr)CCCC1. The van der Waals surface area contributed by atoms with Gasteiger partial charge in [0.25, 0.3) is 0 Å². The van der Waals surface area contributed by atoms with Gasteiger partial charge in [0.05, 0.1) is 0 Å². The van der Waals surface area contributed by atoms with Crippen LogP contribution in [0.2, 0.25) is 0 Å². The summed E-state index contributed by atoms with van der Waals surface area (Å²) in [6.07, 6.45) is 9.29. The topological polar surface area (TPSA) is 20.3 Å². The molecule has 1 amide bonds. The van der Waals surface area contributed by atoms with Gasteiger partial charge in [0.2, 0.25) is 5.91 Å². The molecule has 19 heavy (non-hydrogen) atoms. The van der Waals surface area contributed by atoms with Gasteiger partial charge in [-0.15, -0.1) is 0 Å². The van der Waals surface area contributed by atoms with Gasteiger partial charge in [-0.05, 0) is 38.0 Å². The van der Waals surface area contributed by atoms with E-state index in [0.29, 0.717) is 11.8 Å². The van der Waals surface area contributed by atoms with Crippen molar-refractivity contribution in [1.82, 2.24) is 4.90 Å². The van der Waals surface area contributed by atoms with E-state index in [1.807, 2.05) is 11.9 Å².